The van der Waals surface area contributed by atoms with E-state index < -0.39 is 0 Å². The summed E-state index contributed by atoms with van der Waals surface area (Å²) in [6, 6.07) is 0.556. The van der Waals surface area contributed by atoms with Crippen molar-refractivity contribution in [3.05, 3.63) is 16.6 Å². The van der Waals surface area contributed by atoms with E-state index in [9.17, 15) is 4.79 Å². The molecule has 0 aromatic carbocycles. The summed E-state index contributed by atoms with van der Waals surface area (Å²) in [6.45, 7) is 1.58. The number of nitrogens with one attached hydrogen (secondary N) is 1. The summed E-state index contributed by atoms with van der Waals surface area (Å²) in [4.78, 5) is 19.6. The number of aromatic nitrogens is 1. The molecule has 1 saturated heterocycles. The molecule has 2 heterocycles. The first kappa shape index (κ1) is 16.3. The van der Waals surface area contributed by atoms with Gasteiger partial charge >= 0.3 is 6.03 Å². The highest BCUT2D eigenvalue weighted by atomic mass is 32.1. The Morgan fingerprint density at radius 3 is 2.75 bits per heavy atom. The molecule has 0 bridgehead atoms. The molecule has 2 saturated carbocycles. The second-order valence-electron chi connectivity index (χ2n) is 7.36. The van der Waals surface area contributed by atoms with Crippen LogP contribution in [0, 0.1) is 5.92 Å². The maximum atomic E-state index is 13.1. The Morgan fingerprint density at radius 2 is 2.12 bits per heavy atom. The quantitative estimate of drug-likeness (QED) is 0.851. The molecule has 2 amide bonds. The summed E-state index contributed by atoms with van der Waals surface area (Å²) in [5.74, 6) is 0.563. The third-order valence-electron chi connectivity index (χ3n) is 5.54. The number of rotatable bonds is 6. The Morgan fingerprint density at radius 1 is 1.29 bits per heavy atom. The third-order valence-corrected chi connectivity index (χ3v) is 6.40. The van der Waals surface area contributed by atoms with E-state index in [1.807, 2.05) is 11.6 Å². The molecule has 5 nitrogen and oxygen atoms in total. The van der Waals surface area contributed by atoms with E-state index in [0.29, 0.717) is 12.0 Å². The first-order chi connectivity index (χ1) is 11.8. The van der Waals surface area contributed by atoms with Crippen molar-refractivity contribution in [2.24, 2.45) is 5.92 Å². The topological polar surface area (TPSA) is 54.5 Å². The van der Waals surface area contributed by atoms with Crippen LogP contribution in [0.15, 0.2) is 11.6 Å². The minimum atomic E-state index is 0.0875. The summed E-state index contributed by atoms with van der Waals surface area (Å²) < 4.78 is 5.80. The molecule has 3 aliphatic rings. The number of thiazole rings is 1. The molecule has 6 heteroatoms. The molecule has 1 aromatic rings. The fourth-order valence-corrected chi connectivity index (χ4v) is 4.82. The molecule has 1 aromatic heterocycles. The summed E-state index contributed by atoms with van der Waals surface area (Å²) in [7, 11) is 0. The Hall–Kier alpha value is -1.14. The second-order valence-corrected chi connectivity index (χ2v) is 8.29. The highest BCUT2D eigenvalue weighted by Crippen LogP contribution is 2.41. The molecule has 1 aliphatic heterocycles. The normalized spacial score (nSPS) is 25.8. The zero-order chi connectivity index (χ0) is 16.4. The van der Waals surface area contributed by atoms with E-state index >= 15 is 0 Å². The molecule has 2 atom stereocenters. The first-order valence-corrected chi connectivity index (χ1v) is 10.3. The van der Waals surface area contributed by atoms with Gasteiger partial charge in [-0.15, -0.1) is 11.3 Å². The monoisotopic (exact) mass is 349 g/mol. The molecule has 0 radical (unpaired) electrons. The average Bonchev–Trinajstić information content (AvgIpc) is 3.08. The predicted octanol–water partition coefficient (Wildman–Crippen LogP) is 3.73. The van der Waals surface area contributed by atoms with Gasteiger partial charge in [0.25, 0.3) is 0 Å². The van der Waals surface area contributed by atoms with Gasteiger partial charge < -0.3 is 15.0 Å². The van der Waals surface area contributed by atoms with Crippen molar-refractivity contribution in [3.8, 4) is 0 Å². The van der Waals surface area contributed by atoms with Crippen molar-refractivity contribution in [2.75, 3.05) is 13.2 Å². The molecule has 0 spiro atoms. The average molecular weight is 350 g/mol. The van der Waals surface area contributed by atoms with Crippen molar-refractivity contribution in [3.63, 3.8) is 0 Å². The van der Waals surface area contributed by atoms with Crippen molar-refractivity contribution >= 4 is 17.4 Å². The largest absolute Gasteiger partial charge is 0.376 e. The number of carbonyl (C=O) groups is 1. The lowest BCUT2D eigenvalue weighted by Gasteiger charge is -2.32. The second kappa shape index (κ2) is 7.40. The van der Waals surface area contributed by atoms with E-state index in [0.717, 1.165) is 43.8 Å². The molecule has 3 fully saturated rings. The van der Waals surface area contributed by atoms with Crippen LogP contribution in [-0.4, -0.2) is 41.2 Å². The van der Waals surface area contributed by atoms with Gasteiger partial charge in [-0.1, -0.05) is 12.8 Å². The molecule has 2 aliphatic carbocycles. The Bertz CT molecular complexity index is 534. The van der Waals surface area contributed by atoms with Gasteiger partial charge in [0.15, 0.2) is 0 Å². The van der Waals surface area contributed by atoms with Gasteiger partial charge in [0, 0.05) is 30.8 Å². The minimum absolute atomic E-state index is 0.0875. The Balaban J connectivity index is 1.45. The van der Waals surface area contributed by atoms with E-state index in [1.165, 1.54) is 25.7 Å². The van der Waals surface area contributed by atoms with Crippen LogP contribution >= 0.6 is 11.3 Å². The van der Waals surface area contributed by atoms with Crippen LogP contribution in [0.5, 0.6) is 0 Å². The molecule has 0 unspecified atom stereocenters. The summed E-state index contributed by atoms with van der Waals surface area (Å²) in [5, 5.41) is 6.36. The van der Waals surface area contributed by atoms with Crippen molar-refractivity contribution in [1.82, 2.24) is 15.2 Å². The van der Waals surface area contributed by atoms with Gasteiger partial charge in [-0.05, 0) is 44.4 Å². The summed E-state index contributed by atoms with van der Waals surface area (Å²) >= 11 is 1.65. The van der Waals surface area contributed by atoms with E-state index in [2.05, 4.69) is 15.2 Å². The molecular formula is C18H27N3O2S. The van der Waals surface area contributed by atoms with Gasteiger partial charge in [0.1, 0.15) is 5.01 Å². The van der Waals surface area contributed by atoms with E-state index in [1.54, 1.807) is 11.3 Å². The number of amides is 2. The van der Waals surface area contributed by atoms with Crippen molar-refractivity contribution in [2.45, 2.75) is 69.6 Å². The fourth-order valence-electron chi connectivity index (χ4n) is 4.04. The SMILES string of the molecule is O=C(N[C@@H](c1nccs1)C1CC1)N(C[C@H]1CCCO1)C1CCCC1. The van der Waals surface area contributed by atoms with Crippen molar-refractivity contribution < 1.29 is 9.53 Å². The maximum Gasteiger partial charge on any atom is 0.318 e. The summed E-state index contributed by atoms with van der Waals surface area (Å²) in [6.07, 6.45) is 11.4. The number of urea groups is 1. The number of carbonyl (C=O) groups excluding carboxylic acids is 1. The van der Waals surface area contributed by atoms with Gasteiger partial charge in [0.05, 0.1) is 12.1 Å². The number of hydrogen-bond acceptors (Lipinski definition) is 4. The van der Waals surface area contributed by atoms with Crippen molar-refractivity contribution in [1.29, 1.82) is 0 Å². The number of hydrogen-bond donors (Lipinski definition) is 1. The minimum Gasteiger partial charge on any atom is -0.376 e. The molecule has 24 heavy (non-hydrogen) atoms. The smallest absolute Gasteiger partial charge is 0.318 e. The highest BCUT2D eigenvalue weighted by Gasteiger charge is 2.37. The molecule has 1 N–H and O–H groups in total. The van der Waals surface area contributed by atoms with E-state index in [4.69, 9.17) is 4.74 Å². The van der Waals surface area contributed by atoms with Crippen LogP contribution in [0.3, 0.4) is 0 Å². The van der Waals surface area contributed by atoms with Gasteiger partial charge in [-0.3, -0.25) is 0 Å². The zero-order valence-corrected chi connectivity index (χ0v) is 15.0. The molecule has 4 rings (SSSR count). The van der Waals surface area contributed by atoms with Gasteiger partial charge in [-0.2, -0.15) is 0 Å². The molecule has 132 valence electrons. The van der Waals surface area contributed by atoms with Gasteiger partial charge in [-0.25, -0.2) is 9.78 Å². The highest BCUT2D eigenvalue weighted by molar-refractivity contribution is 7.09. The Labute approximate surface area is 147 Å². The van der Waals surface area contributed by atoms with Gasteiger partial charge in [0.2, 0.25) is 0 Å². The van der Waals surface area contributed by atoms with Crippen LogP contribution < -0.4 is 5.32 Å². The standard InChI is InChI=1S/C18H27N3O2S/c22-18(20-16(13-7-8-13)17-19-9-11-24-17)21(14-4-1-2-5-14)12-15-6-3-10-23-15/h9,11,13-16H,1-8,10,12H2,(H,20,22)/t15-,16-/m1/s1. The number of nitrogens with zero attached hydrogens (tertiary/aromatic N) is 2. The first-order valence-electron chi connectivity index (χ1n) is 9.39. The maximum absolute atomic E-state index is 13.1. The zero-order valence-electron chi connectivity index (χ0n) is 14.2. The van der Waals surface area contributed by atoms with Crippen LogP contribution in [0.25, 0.3) is 0 Å². The fraction of sp³-hybridized carbons (Fsp3) is 0.778. The van der Waals surface area contributed by atoms with Crippen LogP contribution in [-0.2, 0) is 4.74 Å². The van der Waals surface area contributed by atoms with Crippen LogP contribution in [0.2, 0.25) is 0 Å². The number of ether oxygens (including phenoxy) is 1. The lowest BCUT2D eigenvalue weighted by molar-refractivity contribution is 0.0690. The Kier molecular flexibility index (Phi) is 5.03. The van der Waals surface area contributed by atoms with E-state index in [-0.39, 0.29) is 18.2 Å². The summed E-state index contributed by atoms with van der Waals surface area (Å²) in [5.41, 5.74) is 0. The lowest BCUT2D eigenvalue weighted by atomic mass is 10.1. The lowest BCUT2D eigenvalue weighted by Crippen LogP contribution is -2.49. The van der Waals surface area contributed by atoms with Crippen LogP contribution in [0.4, 0.5) is 4.79 Å². The molecular weight excluding hydrogens is 322 g/mol. The predicted molar refractivity (Wildman–Crippen MR) is 94.0 cm³/mol. The van der Waals surface area contributed by atoms with Crippen LogP contribution in [0.1, 0.15) is 62.4 Å². The third kappa shape index (κ3) is 3.75.